The van der Waals surface area contributed by atoms with Crippen LogP contribution < -0.4 is 4.74 Å². The number of nitrogens with zero attached hydrogens (tertiary/aromatic N) is 1. The first-order valence-corrected chi connectivity index (χ1v) is 8.05. The number of hydrogen-bond acceptors (Lipinski definition) is 3. The summed E-state index contributed by atoms with van der Waals surface area (Å²) in [6, 6.07) is 15.1. The van der Waals surface area contributed by atoms with E-state index in [1.165, 1.54) is 12.5 Å². The van der Waals surface area contributed by atoms with Gasteiger partial charge in [0.25, 0.3) is 5.91 Å². The van der Waals surface area contributed by atoms with Crippen LogP contribution in [0.3, 0.4) is 0 Å². The van der Waals surface area contributed by atoms with Crippen molar-refractivity contribution in [3.8, 4) is 5.75 Å². The molecule has 0 fully saturated rings. The van der Waals surface area contributed by atoms with Gasteiger partial charge < -0.3 is 9.64 Å². The number of likely N-dealkylation sites (N-methyl/N-ethyl adjacent to an activating group) is 1. The monoisotopic (exact) mass is 325 g/mol. The van der Waals surface area contributed by atoms with Crippen LogP contribution in [0.2, 0.25) is 0 Å². The van der Waals surface area contributed by atoms with Crippen LogP contribution >= 0.6 is 0 Å². The van der Waals surface area contributed by atoms with Crippen molar-refractivity contribution < 1.29 is 14.3 Å². The molecule has 0 aromatic heterocycles. The fourth-order valence-electron chi connectivity index (χ4n) is 2.28. The van der Waals surface area contributed by atoms with E-state index in [-0.39, 0.29) is 18.3 Å². The summed E-state index contributed by atoms with van der Waals surface area (Å²) in [5, 5.41) is 0. The number of carbonyl (C=O) groups is 2. The Kier molecular flexibility index (Phi) is 6.13. The summed E-state index contributed by atoms with van der Waals surface area (Å²) in [5.41, 5.74) is 3.00. The highest BCUT2D eigenvalue weighted by atomic mass is 16.5. The van der Waals surface area contributed by atoms with E-state index < -0.39 is 0 Å². The molecule has 4 nitrogen and oxygen atoms in total. The highest BCUT2D eigenvalue weighted by molar-refractivity contribution is 5.94. The first-order valence-electron chi connectivity index (χ1n) is 8.05. The van der Waals surface area contributed by atoms with Crippen LogP contribution in [0.5, 0.6) is 5.75 Å². The lowest BCUT2D eigenvalue weighted by molar-refractivity contribution is -0.132. The largest absolute Gasteiger partial charge is 0.484 e. The molecular formula is C20H23NO3. The predicted molar refractivity (Wildman–Crippen MR) is 94.2 cm³/mol. The van der Waals surface area contributed by atoms with Crippen LogP contribution in [0, 0.1) is 0 Å². The van der Waals surface area contributed by atoms with Gasteiger partial charge in [-0.05, 0) is 48.7 Å². The van der Waals surface area contributed by atoms with Crippen LogP contribution in [0.15, 0.2) is 48.5 Å². The van der Waals surface area contributed by atoms with E-state index >= 15 is 0 Å². The van der Waals surface area contributed by atoms with Gasteiger partial charge in [-0.25, -0.2) is 0 Å². The zero-order valence-corrected chi connectivity index (χ0v) is 14.4. The van der Waals surface area contributed by atoms with Crippen LogP contribution in [0.4, 0.5) is 0 Å². The number of rotatable bonds is 7. The molecule has 2 aromatic carbocycles. The normalized spacial score (nSPS) is 10.3. The molecule has 0 atom stereocenters. The molecule has 0 spiro atoms. The Balaban J connectivity index is 1.85. The number of amides is 1. The Bertz CT molecular complexity index is 690. The molecule has 0 heterocycles. The Morgan fingerprint density at radius 1 is 0.958 bits per heavy atom. The lowest BCUT2D eigenvalue weighted by Crippen LogP contribution is -2.30. The first-order chi connectivity index (χ1) is 11.5. The fraction of sp³-hybridized carbons (Fsp3) is 0.300. The van der Waals surface area contributed by atoms with Crippen molar-refractivity contribution in [2.75, 3.05) is 13.7 Å². The zero-order chi connectivity index (χ0) is 17.5. The maximum absolute atomic E-state index is 12.2. The van der Waals surface area contributed by atoms with Gasteiger partial charge >= 0.3 is 0 Å². The highest BCUT2D eigenvalue weighted by Gasteiger charge is 2.10. The second-order valence-electron chi connectivity index (χ2n) is 5.79. The van der Waals surface area contributed by atoms with Gasteiger partial charge in [-0.15, -0.1) is 0 Å². The van der Waals surface area contributed by atoms with Gasteiger partial charge in [0.05, 0.1) is 0 Å². The van der Waals surface area contributed by atoms with Gasteiger partial charge in [0, 0.05) is 19.2 Å². The van der Waals surface area contributed by atoms with E-state index in [1.54, 1.807) is 36.2 Å². The van der Waals surface area contributed by atoms with Crippen LogP contribution in [0.1, 0.15) is 35.3 Å². The molecule has 4 heteroatoms. The van der Waals surface area contributed by atoms with E-state index in [2.05, 4.69) is 19.1 Å². The lowest BCUT2D eigenvalue weighted by atomic mass is 10.1. The maximum atomic E-state index is 12.2. The quantitative estimate of drug-likeness (QED) is 0.732. The lowest BCUT2D eigenvalue weighted by Gasteiger charge is -2.18. The van der Waals surface area contributed by atoms with Gasteiger partial charge in [0.1, 0.15) is 5.75 Å². The molecule has 0 saturated carbocycles. The molecule has 0 unspecified atom stereocenters. The van der Waals surface area contributed by atoms with Gasteiger partial charge in [0.2, 0.25) is 0 Å². The van der Waals surface area contributed by atoms with Crippen molar-refractivity contribution in [2.45, 2.75) is 26.8 Å². The van der Waals surface area contributed by atoms with Crippen molar-refractivity contribution in [3.63, 3.8) is 0 Å². The molecule has 0 aliphatic rings. The Hall–Kier alpha value is -2.62. The zero-order valence-electron chi connectivity index (χ0n) is 14.4. The third kappa shape index (κ3) is 4.95. The van der Waals surface area contributed by atoms with E-state index in [4.69, 9.17) is 4.74 Å². The number of Topliss-reactive ketones (excluding diaryl/α,β-unsaturated/α-hetero) is 1. The minimum atomic E-state index is -0.0924. The molecule has 0 saturated heterocycles. The van der Waals surface area contributed by atoms with Crippen molar-refractivity contribution in [1.82, 2.24) is 4.90 Å². The summed E-state index contributed by atoms with van der Waals surface area (Å²) in [5.74, 6) is 0.491. The standard InChI is InChI=1S/C20H23NO3/c1-4-16-5-7-17(8-6-16)13-21(3)20(23)14-24-19-11-9-18(10-12-19)15(2)22/h5-12H,4,13-14H2,1-3H3. The van der Waals surface area contributed by atoms with Gasteiger partial charge in [0.15, 0.2) is 12.4 Å². The molecule has 0 aliphatic heterocycles. The molecule has 126 valence electrons. The summed E-state index contributed by atoms with van der Waals surface area (Å²) in [6.07, 6.45) is 1.01. The number of hydrogen-bond donors (Lipinski definition) is 0. The molecule has 2 rings (SSSR count). The maximum Gasteiger partial charge on any atom is 0.260 e. The number of benzene rings is 2. The number of ether oxygens (including phenoxy) is 1. The molecule has 24 heavy (non-hydrogen) atoms. The van der Waals surface area contributed by atoms with Gasteiger partial charge in [-0.2, -0.15) is 0 Å². The molecule has 2 aromatic rings. The second-order valence-corrected chi connectivity index (χ2v) is 5.79. The summed E-state index contributed by atoms with van der Waals surface area (Å²) >= 11 is 0. The minimum absolute atomic E-state index is 0.00597. The Morgan fingerprint density at radius 2 is 1.54 bits per heavy atom. The van der Waals surface area contributed by atoms with Crippen molar-refractivity contribution in [2.24, 2.45) is 0 Å². The number of ketones is 1. The third-order valence-electron chi connectivity index (χ3n) is 3.90. The van der Waals surface area contributed by atoms with Crippen molar-refractivity contribution in [3.05, 3.63) is 65.2 Å². The highest BCUT2D eigenvalue weighted by Crippen LogP contribution is 2.13. The summed E-state index contributed by atoms with van der Waals surface area (Å²) in [4.78, 5) is 25.0. The van der Waals surface area contributed by atoms with E-state index in [9.17, 15) is 9.59 Å². The van der Waals surface area contributed by atoms with Crippen LogP contribution in [-0.4, -0.2) is 30.2 Å². The fourth-order valence-corrected chi connectivity index (χ4v) is 2.28. The summed E-state index contributed by atoms with van der Waals surface area (Å²) in [7, 11) is 1.76. The molecule has 0 radical (unpaired) electrons. The van der Waals surface area contributed by atoms with E-state index in [0.29, 0.717) is 17.9 Å². The summed E-state index contributed by atoms with van der Waals surface area (Å²) in [6.45, 7) is 4.16. The number of aryl methyl sites for hydroxylation is 1. The van der Waals surface area contributed by atoms with E-state index in [1.807, 2.05) is 12.1 Å². The van der Waals surface area contributed by atoms with Crippen LogP contribution in [-0.2, 0) is 17.8 Å². The molecule has 0 aliphatic carbocycles. The molecule has 0 N–H and O–H groups in total. The third-order valence-corrected chi connectivity index (χ3v) is 3.90. The smallest absolute Gasteiger partial charge is 0.260 e. The Labute approximate surface area is 143 Å². The number of carbonyl (C=O) groups excluding carboxylic acids is 2. The minimum Gasteiger partial charge on any atom is -0.484 e. The second kappa shape index (κ2) is 8.29. The molecule has 1 amide bonds. The average molecular weight is 325 g/mol. The molecule has 0 bridgehead atoms. The van der Waals surface area contributed by atoms with E-state index in [0.717, 1.165) is 12.0 Å². The van der Waals surface area contributed by atoms with Crippen molar-refractivity contribution in [1.29, 1.82) is 0 Å². The molecular weight excluding hydrogens is 302 g/mol. The average Bonchev–Trinajstić information content (AvgIpc) is 2.60. The topological polar surface area (TPSA) is 46.6 Å². The summed E-state index contributed by atoms with van der Waals surface area (Å²) < 4.78 is 5.50. The van der Waals surface area contributed by atoms with Gasteiger partial charge in [-0.3, -0.25) is 9.59 Å². The SMILES string of the molecule is CCc1ccc(CN(C)C(=O)COc2ccc(C(C)=O)cc2)cc1. The van der Waals surface area contributed by atoms with Crippen molar-refractivity contribution >= 4 is 11.7 Å². The van der Waals surface area contributed by atoms with Gasteiger partial charge in [-0.1, -0.05) is 31.2 Å². The Morgan fingerprint density at radius 3 is 2.08 bits per heavy atom. The van der Waals surface area contributed by atoms with Crippen LogP contribution in [0.25, 0.3) is 0 Å². The first kappa shape index (κ1) is 17.7. The predicted octanol–water partition coefficient (Wildman–Crippen LogP) is 3.49.